The molecular weight excluding hydrogens is 501 g/mol. The average molecular weight is 529 g/mol. The zero-order valence-corrected chi connectivity index (χ0v) is 19.9. The molecule has 0 saturated carbocycles. The SMILES string of the molecule is CN=C(NCc1ccc(OC)c(OC)c1OC)Nc1ccc2c(c1)OCCCO2.I. The van der Waals surface area contributed by atoms with Gasteiger partial charge in [-0.25, -0.2) is 0 Å². The van der Waals surface area contributed by atoms with Crippen LogP contribution < -0.4 is 34.3 Å². The van der Waals surface area contributed by atoms with Crippen molar-refractivity contribution in [2.75, 3.05) is 46.9 Å². The van der Waals surface area contributed by atoms with E-state index in [1.165, 1.54) is 0 Å². The number of hydrogen-bond acceptors (Lipinski definition) is 6. The largest absolute Gasteiger partial charge is 0.493 e. The quantitative estimate of drug-likeness (QED) is 0.336. The van der Waals surface area contributed by atoms with Gasteiger partial charge in [-0.15, -0.1) is 24.0 Å². The Morgan fingerprint density at radius 3 is 2.37 bits per heavy atom. The van der Waals surface area contributed by atoms with Gasteiger partial charge in [-0.05, 0) is 24.3 Å². The first-order valence-electron chi connectivity index (χ1n) is 9.35. The summed E-state index contributed by atoms with van der Waals surface area (Å²) in [5, 5.41) is 6.55. The van der Waals surface area contributed by atoms with Crippen LogP contribution in [0.15, 0.2) is 35.3 Å². The second-order valence-electron chi connectivity index (χ2n) is 6.26. The van der Waals surface area contributed by atoms with Gasteiger partial charge in [0.05, 0.1) is 34.5 Å². The van der Waals surface area contributed by atoms with Crippen LogP contribution in [-0.4, -0.2) is 47.6 Å². The van der Waals surface area contributed by atoms with E-state index >= 15 is 0 Å². The molecule has 3 rings (SSSR count). The zero-order valence-electron chi connectivity index (χ0n) is 17.6. The number of nitrogens with zero attached hydrogens (tertiary/aromatic N) is 1. The Kier molecular flexibility index (Phi) is 9.15. The Morgan fingerprint density at radius 1 is 0.967 bits per heavy atom. The number of nitrogens with one attached hydrogen (secondary N) is 2. The average Bonchev–Trinajstić information content (AvgIpc) is 3.00. The maximum absolute atomic E-state index is 5.74. The van der Waals surface area contributed by atoms with Crippen LogP contribution in [0.3, 0.4) is 0 Å². The predicted octanol–water partition coefficient (Wildman–Crippen LogP) is 3.68. The molecule has 0 spiro atoms. The third kappa shape index (κ3) is 5.53. The summed E-state index contributed by atoms with van der Waals surface area (Å²) in [7, 11) is 6.49. The van der Waals surface area contributed by atoms with Crippen molar-refractivity contribution in [2.45, 2.75) is 13.0 Å². The molecular formula is C21H28IN3O5. The van der Waals surface area contributed by atoms with Crippen LogP contribution in [-0.2, 0) is 6.54 Å². The van der Waals surface area contributed by atoms with E-state index in [2.05, 4.69) is 15.6 Å². The zero-order chi connectivity index (χ0) is 20.6. The van der Waals surface area contributed by atoms with Gasteiger partial charge in [0.1, 0.15) is 0 Å². The van der Waals surface area contributed by atoms with Crippen LogP contribution in [0.5, 0.6) is 28.7 Å². The first kappa shape index (κ1) is 23.7. The molecule has 0 unspecified atom stereocenters. The highest BCUT2D eigenvalue weighted by Crippen LogP contribution is 2.39. The molecule has 8 nitrogen and oxygen atoms in total. The second kappa shape index (κ2) is 11.6. The highest BCUT2D eigenvalue weighted by atomic mass is 127. The van der Waals surface area contributed by atoms with Gasteiger partial charge < -0.3 is 34.3 Å². The van der Waals surface area contributed by atoms with Gasteiger partial charge in [-0.3, -0.25) is 4.99 Å². The van der Waals surface area contributed by atoms with Crippen LogP contribution in [0.25, 0.3) is 0 Å². The molecule has 0 atom stereocenters. The van der Waals surface area contributed by atoms with Crippen molar-refractivity contribution in [1.82, 2.24) is 5.32 Å². The van der Waals surface area contributed by atoms with E-state index in [1.807, 2.05) is 30.3 Å². The van der Waals surface area contributed by atoms with Crippen molar-refractivity contribution in [2.24, 2.45) is 4.99 Å². The highest BCUT2D eigenvalue weighted by molar-refractivity contribution is 14.0. The third-order valence-electron chi connectivity index (χ3n) is 4.47. The van der Waals surface area contributed by atoms with E-state index in [-0.39, 0.29) is 24.0 Å². The lowest BCUT2D eigenvalue weighted by Gasteiger charge is -2.17. The number of fused-ring (bicyclic) bond motifs is 1. The van der Waals surface area contributed by atoms with E-state index in [1.54, 1.807) is 28.4 Å². The van der Waals surface area contributed by atoms with Crippen molar-refractivity contribution < 1.29 is 23.7 Å². The standard InChI is InChI=1S/C21H27N3O5.HI/c1-22-21(24-15-7-9-16-18(12-15)29-11-5-10-28-16)23-13-14-6-8-17(25-2)20(27-4)19(14)26-3;/h6-9,12H,5,10-11,13H2,1-4H3,(H2,22,23,24);1H. The first-order chi connectivity index (χ1) is 14.2. The Balaban J connectivity index is 0.00000320. The van der Waals surface area contributed by atoms with Gasteiger partial charge in [-0.2, -0.15) is 0 Å². The molecule has 2 aromatic carbocycles. The number of benzene rings is 2. The summed E-state index contributed by atoms with van der Waals surface area (Å²) in [5.41, 5.74) is 1.76. The van der Waals surface area contributed by atoms with Gasteiger partial charge >= 0.3 is 0 Å². The normalized spacial score (nSPS) is 12.9. The van der Waals surface area contributed by atoms with Crippen molar-refractivity contribution in [3.8, 4) is 28.7 Å². The summed E-state index contributed by atoms with van der Waals surface area (Å²) in [6, 6.07) is 9.50. The van der Waals surface area contributed by atoms with Gasteiger partial charge in [0.15, 0.2) is 29.0 Å². The lowest BCUT2D eigenvalue weighted by Crippen LogP contribution is -2.30. The summed E-state index contributed by atoms with van der Waals surface area (Å²) in [4.78, 5) is 4.29. The minimum atomic E-state index is 0. The van der Waals surface area contributed by atoms with Crippen LogP contribution in [0, 0.1) is 0 Å². The molecule has 30 heavy (non-hydrogen) atoms. The summed E-state index contributed by atoms with van der Waals surface area (Å²) in [6.07, 6.45) is 0.869. The number of methoxy groups -OCH3 is 3. The number of rotatable bonds is 6. The minimum Gasteiger partial charge on any atom is -0.493 e. The molecule has 9 heteroatoms. The van der Waals surface area contributed by atoms with Gasteiger partial charge in [0.2, 0.25) is 5.75 Å². The van der Waals surface area contributed by atoms with Crippen molar-refractivity contribution in [3.63, 3.8) is 0 Å². The maximum atomic E-state index is 5.74. The number of hydrogen-bond donors (Lipinski definition) is 2. The molecule has 0 radical (unpaired) electrons. The van der Waals surface area contributed by atoms with E-state index in [0.29, 0.717) is 43.0 Å². The van der Waals surface area contributed by atoms with Crippen molar-refractivity contribution >= 4 is 35.6 Å². The number of guanidine groups is 1. The fraction of sp³-hybridized carbons (Fsp3) is 0.381. The second-order valence-corrected chi connectivity index (χ2v) is 6.26. The fourth-order valence-electron chi connectivity index (χ4n) is 3.04. The first-order valence-corrected chi connectivity index (χ1v) is 9.35. The molecule has 0 amide bonds. The molecule has 0 saturated heterocycles. The topological polar surface area (TPSA) is 82.6 Å². The van der Waals surface area contributed by atoms with Crippen molar-refractivity contribution in [1.29, 1.82) is 0 Å². The molecule has 0 bridgehead atoms. The van der Waals surface area contributed by atoms with Gasteiger partial charge in [-0.1, -0.05) is 0 Å². The number of aliphatic imine (C=N–C) groups is 1. The number of halogens is 1. The van der Waals surface area contributed by atoms with E-state index < -0.39 is 0 Å². The maximum Gasteiger partial charge on any atom is 0.203 e. The molecule has 2 aromatic rings. The van der Waals surface area contributed by atoms with E-state index in [9.17, 15) is 0 Å². The lowest BCUT2D eigenvalue weighted by atomic mass is 10.1. The summed E-state index contributed by atoms with van der Waals surface area (Å²) in [5.74, 6) is 3.88. The number of anilines is 1. The Labute approximate surface area is 193 Å². The highest BCUT2D eigenvalue weighted by Gasteiger charge is 2.16. The summed E-state index contributed by atoms with van der Waals surface area (Å²) < 4.78 is 27.7. The molecule has 0 aliphatic carbocycles. The molecule has 1 aliphatic rings. The molecule has 2 N–H and O–H groups in total. The van der Waals surface area contributed by atoms with Crippen LogP contribution in [0.2, 0.25) is 0 Å². The van der Waals surface area contributed by atoms with E-state index in [0.717, 1.165) is 29.2 Å². The van der Waals surface area contributed by atoms with Crippen molar-refractivity contribution in [3.05, 3.63) is 35.9 Å². The third-order valence-corrected chi connectivity index (χ3v) is 4.47. The minimum absolute atomic E-state index is 0. The van der Waals surface area contributed by atoms with Crippen LogP contribution in [0.4, 0.5) is 5.69 Å². The van der Waals surface area contributed by atoms with E-state index in [4.69, 9.17) is 23.7 Å². The molecule has 1 aliphatic heterocycles. The summed E-state index contributed by atoms with van der Waals surface area (Å²) in [6.45, 7) is 1.78. The Bertz CT molecular complexity index is 876. The van der Waals surface area contributed by atoms with Crippen LogP contribution in [0.1, 0.15) is 12.0 Å². The lowest BCUT2D eigenvalue weighted by molar-refractivity contribution is 0.297. The van der Waals surface area contributed by atoms with Crippen LogP contribution >= 0.6 is 24.0 Å². The Hall–Kier alpha value is -2.56. The van der Waals surface area contributed by atoms with Gasteiger partial charge in [0, 0.05) is 37.3 Å². The molecule has 1 heterocycles. The Morgan fingerprint density at radius 2 is 1.70 bits per heavy atom. The monoisotopic (exact) mass is 529 g/mol. The molecule has 0 aromatic heterocycles. The fourth-order valence-corrected chi connectivity index (χ4v) is 3.04. The predicted molar refractivity (Wildman–Crippen MR) is 127 cm³/mol. The molecule has 0 fully saturated rings. The number of ether oxygens (including phenoxy) is 5. The molecule has 164 valence electrons. The van der Waals surface area contributed by atoms with Gasteiger partial charge in [0.25, 0.3) is 0 Å². The summed E-state index contributed by atoms with van der Waals surface area (Å²) >= 11 is 0. The smallest absolute Gasteiger partial charge is 0.203 e.